The van der Waals surface area contributed by atoms with Crippen LogP contribution in [0.5, 0.6) is 0 Å². The maximum absolute atomic E-state index is 13.3. The largest absolute Gasteiger partial charge is 0.309 e. The molecule has 2 heterocycles. The van der Waals surface area contributed by atoms with Crippen molar-refractivity contribution >= 4 is 21.7 Å². The summed E-state index contributed by atoms with van der Waals surface area (Å²) in [5.41, 5.74) is -0.326. The van der Waals surface area contributed by atoms with E-state index < -0.39 is 22.0 Å². The number of hydrogen-bond acceptors (Lipinski definition) is 6. The number of carbonyl (C=O) groups excluding carboxylic acids is 2. The SMILES string of the molecule is CC(C)CCC(=O)N([C@H]1CC(C)(C)CNCC1=O)S(=O)(=O)c1ccccn1. The zero-order valence-electron chi connectivity index (χ0n) is 16.4. The van der Waals surface area contributed by atoms with Gasteiger partial charge in [0.2, 0.25) is 5.91 Å². The summed E-state index contributed by atoms with van der Waals surface area (Å²) in [5, 5.41) is 2.84. The van der Waals surface area contributed by atoms with Gasteiger partial charge in [0.05, 0.1) is 6.54 Å². The monoisotopic (exact) mass is 395 g/mol. The fourth-order valence-corrected chi connectivity index (χ4v) is 4.70. The molecule has 0 bridgehead atoms. The summed E-state index contributed by atoms with van der Waals surface area (Å²) < 4.78 is 27.3. The van der Waals surface area contributed by atoms with Gasteiger partial charge in [0.15, 0.2) is 10.8 Å². The van der Waals surface area contributed by atoms with Crippen molar-refractivity contribution in [1.82, 2.24) is 14.6 Å². The Balaban J connectivity index is 2.49. The van der Waals surface area contributed by atoms with Crippen LogP contribution in [0.25, 0.3) is 0 Å². The van der Waals surface area contributed by atoms with Gasteiger partial charge in [-0.05, 0) is 36.3 Å². The van der Waals surface area contributed by atoms with E-state index in [1.54, 1.807) is 12.1 Å². The van der Waals surface area contributed by atoms with Crippen LogP contribution in [0.1, 0.15) is 47.0 Å². The number of sulfonamides is 1. The summed E-state index contributed by atoms with van der Waals surface area (Å²) in [6.07, 6.45) is 2.26. The third-order valence-electron chi connectivity index (χ3n) is 4.65. The summed E-state index contributed by atoms with van der Waals surface area (Å²) in [7, 11) is -4.22. The second-order valence-electron chi connectivity index (χ2n) is 8.25. The van der Waals surface area contributed by atoms with Crippen molar-refractivity contribution in [1.29, 1.82) is 0 Å². The summed E-state index contributed by atoms with van der Waals surface area (Å²) >= 11 is 0. The first-order chi connectivity index (χ1) is 12.5. The predicted molar refractivity (Wildman–Crippen MR) is 102 cm³/mol. The molecule has 1 amide bonds. The molecule has 0 aromatic carbocycles. The van der Waals surface area contributed by atoms with Crippen molar-refractivity contribution in [3.05, 3.63) is 24.4 Å². The lowest BCUT2D eigenvalue weighted by Gasteiger charge is -2.33. The lowest BCUT2D eigenvalue weighted by Crippen LogP contribution is -2.50. The Bertz CT molecular complexity index is 775. The number of pyridine rings is 1. The highest BCUT2D eigenvalue weighted by molar-refractivity contribution is 7.89. The highest BCUT2D eigenvalue weighted by atomic mass is 32.2. The predicted octanol–water partition coefficient (Wildman–Crippen LogP) is 1.99. The van der Waals surface area contributed by atoms with Crippen molar-refractivity contribution in [2.75, 3.05) is 13.1 Å². The van der Waals surface area contributed by atoms with Crippen molar-refractivity contribution < 1.29 is 18.0 Å². The minimum absolute atomic E-state index is 0.0415. The van der Waals surface area contributed by atoms with Gasteiger partial charge in [-0.25, -0.2) is 9.29 Å². The molecule has 2 rings (SSSR count). The van der Waals surface area contributed by atoms with Crippen LogP contribution in [0.4, 0.5) is 0 Å². The number of nitrogens with one attached hydrogen (secondary N) is 1. The van der Waals surface area contributed by atoms with Gasteiger partial charge in [-0.3, -0.25) is 9.59 Å². The van der Waals surface area contributed by atoms with E-state index in [2.05, 4.69) is 10.3 Å². The summed E-state index contributed by atoms with van der Waals surface area (Å²) in [6, 6.07) is 3.48. The molecule has 150 valence electrons. The molecule has 0 spiro atoms. The van der Waals surface area contributed by atoms with Gasteiger partial charge >= 0.3 is 0 Å². The molecule has 0 saturated carbocycles. The van der Waals surface area contributed by atoms with Gasteiger partial charge in [0.25, 0.3) is 10.0 Å². The molecule has 1 atom stereocenters. The van der Waals surface area contributed by atoms with Crippen LogP contribution in [-0.2, 0) is 19.6 Å². The minimum Gasteiger partial charge on any atom is -0.309 e. The van der Waals surface area contributed by atoms with Gasteiger partial charge in [-0.15, -0.1) is 0 Å². The van der Waals surface area contributed by atoms with Crippen LogP contribution in [0.15, 0.2) is 29.4 Å². The highest BCUT2D eigenvalue weighted by Crippen LogP contribution is 2.30. The summed E-state index contributed by atoms with van der Waals surface area (Å²) in [5.74, 6) is -0.598. The fraction of sp³-hybridized carbons (Fsp3) is 0.632. The first-order valence-electron chi connectivity index (χ1n) is 9.26. The minimum atomic E-state index is -4.22. The Kier molecular flexibility index (Phi) is 6.75. The van der Waals surface area contributed by atoms with Crippen molar-refractivity contribution in [3.8, 4) is 0 Å². The smallest absolute Gasteiger partial charge is 0.284 e. The zero-order chi connectivity index (χ0) is 20.2. The van der Waals surface area contributed by atoms with Crippen LogP contribution in [0.3, 0.4) is 0 Å². The van der Waals surface area contributed by atoms with E-state index >= 15 is 0 Å². The van der Waals surface area contributed by atoms with E-state index in [0.717, 1.165) is 4.31 Å². The molecule has 1 fully saturated rings. The molecular weight excluding hydrogens is 366 g/mol. The third-order valence-corrected chi connectivity index (χ3v) is 6.39. The summed E-state index contributed by atoms with van der Waals surface area (Å²) in [4.78, 5) is 29.6. The van der Waals surface area contributed by atoms with Crippen molar-refractivity contribution in [2.45, 2.75) is 58.0 Å². The number of ketones is 1. The van der Waals surface area contributed by atoms with E-state index in [-0.39, 0.29) is 41.5 Å². The molecule has 1 N–H and O–H groups in total. The van der Waals surface area contributed by atoms with Gasteiger partial charge in [-0.2, -0.15) is 8.42 Å². The molecule has 1 aromatic rings. The number of carbonyl (C=O) groups is 2. The lowest BCUT2D eigenvalue weighted by molar-refractivity contribution is -0.134. The normalized spacial score (nSPS) is 20.3. The van der Waals surface area contributed by atoms with Crippen LogP contribution in [0, 0.1) is 11.3 Å². The number of hydrogen-bond donors (Lipinski definition) is 1. The highest BCUT2D eigenvalue weighted by Gasteiger charge is 2.43. The molecule has 1 aromatic heterocycles. The maximum atomic E-state index is 13.3. The van der Waals surface area contributed by atoms with Crippen LogP contribution >= 0.6 is 0 Å². The van der Waals surface area contributed by atoms with Crippen molar-refractivity contribution in [3.63, 3.8) is 0 Å². The molecule has 0 radical (unpaired) electrons. The number of Topliss-reactive ketones (excluding diaryl/α,β-unsaturated/α-hetero) is 1. The Labute approximate surface area is 161 Å². The Morgan fingerprint density at radius 2 is 2.07 bits per heavy atom. The lowest BCUT2D eigenvalue weighted by atomic mass is 9.85. The van der Waals surface area contributed by atoms with E-state index in [4.69, 9.17) is 0 Å². The first-order valence-corrected chi connectivity index (χ1v) is 10.7. The van der Waals surface area contributed by atoms with Crippen LogP contribution in [0.2, 0.25) is 0 Å². The van der Waals surface area contributed by atoms with E-state index in [1.807, 2.05) is 27.7 Å². The number of aromatic nitrogens is 1. The molecule has 0 aliphatic carbocycles. The molecule has 8 heteroatoms. The third kappa shape index (κ3) is 5.35. The second kappa shape index (κ2) is 8.48. The van der Waals surface area contributed by atoms with Gasteiger partial charge < -0.3 is 5.32 Å². The van der Waals surface area contributed by atoms with Gasteiger partial charge in [-0.1, -0.05) is 33.8 Å². The van der Waals surface area contributed by atoms with Crippen molar-refractivity contribution in [2.24, 2.45) is 11.3 Å². The zero-order valence-corrected chi connectivity index (χ0v) is 17.3. The average molecular weight is 396 g/mol. The molecule has 1 aliphatic heterocycles. The van der Waals surface area contributed by atoms with Crippen LogP contribution in [-0.4, -0.2) is 48.5 Å². The topological polar surface area (TPSA) is 96.4 Å². The molecule has 0 unspecified atom stereocenters. The molecule has 1 saturated heterocycles. The van der Waals surface area contributed by atoms with Gasteiger partial charge in [0, 0.05) is 19.2 Å². The Hall–Kier alpha value is -1.80. The Morgan fingerprint density at radius 1 is 1.37 bits per heavy atom. The second-order valence-corrected chi connectivity index (χ2v) is 10.0. The Morgan fingerprint density at radius 3 is 2.67 bits per heavy atom. The van der Waals surface area contributed by atoms with E-state index in [9.17, 15) is 18.0 Å². The summed E-state index contributed by atoms with van der Waals surface area (Å²) in [6.45, 7) is 8.46. The fourth-order valence-electron chi connectivity index (χ4n) is 3.16. The molecule has 27 heavy (non-hydrogen) atoms. The number of nitrogens with zero attached hydrogens (tertiary/aromatic N) is 2. The number of rotatable bonds is 6. The molecular formula is C19H29N3O4S. The van der Waals surface area contributed by atoms with Crippen LogP contribution < -0.4 is 5.32 Å². The molecule has 7 nitrogen and oxygen atoms in total. The van der Waals surface area contributed by atoms with Gasteiger partial charge in [0.1, 0.15) is 6.04 Å². The maximum Gasteiger partial charge on any atom is 0.284 e. The van der Waals surface area contributed by atoms with E-state index in [0.29, 0.717) is 13.0 Å². The molecule has 1 aliphatic rings. The standard InChI is InChI=1S/C19H29N3O4S/c1-14(2)8-9-18(24)22(27(25,26)17-7-5-6-10-21-17)15-11-19(3,4)13-20-12-16(15)23/h5-7,10,14-15,20H,8-9,11-13H2,1-4H3/t15-/m0/s1. The number of amides is 1. The first kappa shape index (κ1) is 21.5. The van der Waals surface area contributed by atoms with E-state index in [1.165, 1.54) is 12.3 Å². The quantitative estimate of drug-likeness (QED) is 0.791. The average Bonchev–Trinajstić information content (AvgIpc) is 2.72.